The van der Waals surface area contributed by atoms with Gasteiger partial charge in [-0.3, -0.25) is 4.79 Å². The van der Waals surface area contributed by atoms with E-state index in [0.29, 0.717) is 32.5 Å². The molecular weight excluding hydrogens is 228 g/mol. The number of hydrogen-bond acceptors (Lipinski definition) is 2. The summed E-state index contributed by atoms with van der Waals surface area (Å²) >= 11 is 0. The highest BCUT2D eigenvalue weighted by Crippen LogP contribution is 2.40. The molecule has 0 radical (unpaired) electrons. The Morgan fingerprint density at radius 2 is 1.94 bits per heavy atom. The first kappa shape index (κ1) is 13.1. The smallest absolute Gasteiger partial charge is 0.310 e. The van der Waals surface area contributed by atoms with E-state index >= 15 is 0 Å². The van der Waals surface area contributed by atoms with Crippen LogP contribution in [-0.2, 0) is 22.4 Å². The monoisotopic (exact) mass is 248 g/mol. The lowest BCUT2D eigenvalue weighted by Gasteiger charge is -2.23. The summed E-state index contributed by atoms with van der Waals surface area (Å²) in [5.74, 6) is -0.671. The van der Waals surface area contributed by atoms with Gasteiger partial charge >= 0.3 is 5.97 Å². The van der Waals surface area contributed by atoms with Crippen molar-refractivity contribution < 1.29 is 14.6 Å². The molecule has 98 valence electrons. The molecule has 0 unspecified atom stereocenters. The van der Waals surface area contributed by atoms with Crippen LogP contribution in [-0.4, -0.2) is 24.3 Å². The standard InChI is InChI=1S/C15H20O3/c1-2-18-9-5-8-15(14(16)17)10-12-6-3-4-7-13(12)11-15/h3-4,6-7H,2,5,8-11H2,1H3,(H,16,17). The molecule has 1 aromatic rings. The van der Waals surface area contributed by atoms with E-state index in [4.69, 9.17) is 4.74 Å². The van der Waals surface area contributed by atoms with Crippen molar-refractivity contribution in [3.05, 3.63) is 35.4 Å². The molecule has 0 heterocycles. The third kappa shape index (κ3) is 2.56. The Hall–Kier alpha value is -1.35. The Balaban J connectivity index is 2.05. The largest absolute Gasteiger partial charge is 0.481 e. The van der Waals surface area contributed by atoms with E-state index in [9.17, 15) is 9.90 Å². The first-order chi connectivity index (χ1) is 8.68. The molecule has 18 heavy (non-hydrogen) atoms. The molecule has 3 nitrogen and oxygen atoms in total. The van der Waals surface area contributed by atoms with Crippen molar-refractivity contribution in [2.24, 2.45) is 5.41 Å². The second-order valence-electron chi connectivity index (χ2n) is 5.01. The van der Waals surface area contributed by atoms with Gasteiger partial charge in [-0.15, -0.1) is 0 Å². The molecule has 3 heteroatoms. The van der Waals surface area contributed by atoms with Crippen molar-refractivity contribution in [1.29, 1.82) is 0 Å². The number of rotatable bonds is 6. The molecule has 0 amide bonds. The van der Waals surface area contributed by atoms with Crippen molar-refractivity contribution in [3.63, 3.8) is 0 Å². The van der Waals surface area contributed by atoms with Crippen molar-refractivity contribution in [2.45, 2.75) is 32.6 Å². The highest BCUT2D eigenvalue weighted by Gasteiger charge is 2.43. The van der Waals surface area contributed by atoms with Gasteiger partial charge in [0.1, 0.15) is 0 Å². The van der Waals surface area contributed by atoms with E-state index < -0.39 is 11.4 Å². The maximum absolute atomic E-state index is 11.6. The molecular formula is C15H20O3. The summed E-state index contributed by atoms with van der Waals surface area (Å²) in [6.45, 7) is 3.31. The van der Waals surface area contributed by atoms with Crippen LogP contribution in [0.4, 0.5) is 0 Å². The summed E-state index contributed by atoms with van der Waals surface area (Å²) in [6.07, 6.45) is 2.82. The summed E-state index contributed by atoms with van der Waals surface area (Å²) in [6, 6.07) is 8.05. The fourth-order valence-electron chi connectivity index (χ4n) is 2.79. The molecule has 0 saturated carbocycles. The number of carboxylic acids is 1. The van der Waals surface area contributed by atoms with E-state index in [1.807, 2.05) is 31.2 Å². The van der Waals surface area contributed by atoms with Crippen LogP contribution < -0.4 is 0 Å². The van der Waals surface area contributed by atoms with Gasteiger partial charge < -0.3 is 9.84 Å². The molecule has 1 aliphatic rings. The van der Waals surface area contributed by atoms with Crippen molar-refractivity contribution >= 4 is 5.97 Å². The quantitative estimate of drug-likeness (QED) is 0.787. The average molecular weight is 248 g/mol. The first-order valence-corrected chi connectivity index (χ1v) is 6.56. The molecule has 0 aliphatic heterocycles. The number of aliphatic carboxylic acids is 1. The van der Waals surface area contributed by atoms with E-state index in [-0.39, 0.29) is 0 Å². The first-order valence-electron chi connectivity index (χ1n) is 6.56. The Morgan fingerprint density at radius 3 is 2.44 bits per heavy atom. The predicted molar refractivity (Wildman–Crippen MR) is 69.6 cm³/mol. The van der Waals surface area contributed by atoms with Crippen LogP contribution in [0.3, 0.4) is 0 Å². The molecule has 0 fully saturated rings. The van der Waals surface area contributed by atoms with Crippen LogP contribution in [0.1, 0.15) is 30.9 Å². The molecule has 0 aromatic heterocycles. The summed E-state index contributed by atoms with van der Waals surface area (Å²) < 4.78 is 5.30. The molecule has 2 rings (SSSR count). The van der Waals surface area contributed by atoms with Crippen LogP contribution in [0.25, 0.3) is 0 Å². The lowest BCUT2D eigenvalue weighted by atomic mass is 9.80. The van der Waals surface area contributed by atoms with Gasteiger partial charge in [0.05, 0.1) is 5.41 Å². The van der Waals surface area contributed by atoms with Gasteiger partial charge in [-0.1, -0.05) is 24.3 Å². The lowest BCUT2D eigenvalue weighted by molar-refractivity contribution is -0.149. The normalized spacial score (nSPS) is 16.5. The summed E-state index contributed by atoms with van der Waals surface area (Å²) in [4.78, 5) is 11.6. The molecule has 0 spiro atoms. The molecule has 1 N–H and O–H groups in total. The number of fused-ring (bicyclic) bond motifs is 1. The van der Waals surface area contributed by atoms with Gasteiger partial charge in [0.15, 0.2) is 0 Å². The molecule has 0 bridgehead atoms. The minimum Gasteiger partial charge on any atom is -0.481 e. The second-order valence-corrected chi connectivity index (χ2v) is 5.01. The zero-order chi connectivity index (χ0) is 13.0. The Bertz CT molecular complexity index is 401. The van der Waals surface area contributed by atoms with Gasteiger partial charge in [-0.25, -0.2) is 0 Å². The molecule has 1 aromatic carbocycles. The maximum Gasteiger partial charge on any atom is 0.310 e. The number of hydrogen-bond donors (Lipinski definition) is 1. The highest BCUT2D eigenvalue weighted by molar-refractivity contribution is 5.77. The van der Waals surface area contributed by atoms with Crippen LogP contribution in [0.2, 0.25) is 0 Å². The second kappa shape index (κ2) is 5.53. The van der Waals surface area contributed by atoms with Crippen LogP contribution in [0.5, 0.6) is 0 Å². The number of benzene rings is 1. The Morgan fingerprint density at radius 1 is 1.33 bits per heavy atom. The van der Waals surface area contributed by atoms with Gasteiger partial charge in [-0.05, 0) is 43.7 Å². The van der Waals surface area contributed by atoms with Gasteiger partial charge in [0, 0.05) is 13.2 Å². The van der Waals surface area contributed by atoms with Gasteiger partial charge in [0.2, 0.25) is 0 Å². The van der Waals surface area contributed by atoms with E-state index in [2.05, 4.69) is 0 Å². The Kier molecular flexibility index (Phi) is 4.02. The van der Waals surface area contributed by atoms with E-state index in [1.54, 1.807) is 0 Å². The zero-order valence-corrected chi connectivity index (χ0v) is 10.8. The summed E-state index contributed by atoms with van der Waals surface area (Å²) in [5, 5.41) is 9.55. The average Bonchev–Trinajstić information content (AvgIpc) is 2.74. The van der Waals surface area contributed by atoms with Crippen molar-refractivity contribution in [3.8, 4) is 0 Å². The van der Waals surface area contributed by atoms with Crippen molar-refractivity contribution in [2.75, 3.05) is 13.2 Å². The number of ether oxygens (including phenoxy) is 1. The highest BCUT2D eigenvalue weighted by atomic mass is 16.5. The molecule has 0 atom stereocenters. The van der Waals surface area contributed by atoms with Crippen molar-refractivity contribution in [1.82, 2.24) is 0 Å². The van der Waals surface area contributed by atoms with Gasteiger partial charge in [0.25, 0.3) is 0 Å². The SMILES string of the molecule is CCOCCCC1(C(=O)O)Cc2ccccc2C1. The van der Waals surface area contributed by atoms with E-state index in [0.717, 1.165) is 6.42 Å². The zero-order valence-electron chi connectivity index (χ0n) is 10.8. The third-order valence-corrected chi connectivity index (χ3v) is 3.78. The predicted octanol–water partition coefficient (Wildman–Crippen LogP) is 2.67. The fraction of sp³-hybridized carbons (Fsp3) is 0.533. The van der Waals surface area contributed by atoms with Crippen LogP contribution in [0, 0.1) is 5.41 Å². The maximum atomic E-state index is 11.6. The minimum absolute atomic E-state index is 0.610. The number of carboxylic acid groups (broad SMARTS) is 1. The number of carbonyl (C=O) groups is 1. The fourth-order valence-corrected chi connectivity index (χ4v) is 2.79. The summed E-state index contributed by atoms with van der Waals surface area (Å²) in [5.41, 5.74) is 1.77. The topological polar surface area (TPSA) is 46.5 Å². The van der Waals surface area contributed by atoms with Crippen LogP contribution >= 0.6 is 0 Å². The van der Waals surface area contributed by atoms with E-state index in [1.165, 1.54) is 11.1 Å². The minimum atomic E-state index is -0.671. The lowest BCUT2D eigenvalue weighted by Crippen LogP contribution is -2.32. The van der Waals surface area contributed by atoms with Crippen LogP contribution in [0.15, 0.2) is 24.3 Å². The third-order valence-electron chi connectivity index (χ3n) is 3.78. The van der Waals surface area contributed by atoms with Gasteiger partial charge in [-0.2, -0.15) is 0 Å². The molecule has 0 saturated heterocycles. The molecule has 1 aliphatic carbocycles. The Labute approximate surface area is 108 Å². The summed E-state index contributed by atoms with van der Waals surface area (Å²) in [7, 11) is 0.